The van der Waals surface area contributed by atoms with Gasteiger partial charge < -0.3 is 9.47 Å². The zero-order valence-electron chi connectivity index (χ0n) is 10.1. The minimum absolute atomic E-state index is 0.0546. The zero-order chi connectivity index (χ0) is 15.4. The van der Waals surface area contributed by atoms with Gasteiger partial charge in [0, 0.05) is 0 Å². The maximum Gasteiger partial charge on any atom is 0.411 e. The molecule has 0 radical (unpaired) electrons. The van der Waals surface area contributed by atoms with Crippen LogP contribution in [0.1, 0.15) is 0 Å². The molecule has 20 heavy (non-hydrogen) atoms. The van der Waals surface area contributed by atoms with Crippen molar-refractivity contribution in [2.75, 3.05) is 24.9 Å². The maximum absolute atomic E-state index is 11.2. The summed E-state index contributed by atoms with van der Waals surface area (Å²) in [6, 6.07) is 0. The van der Waals surface area contributed by atoms with E-state index in [2.05, 4.69) is 20.1 Å². The molecule has 6 nitrogen and oxygen atoms in total. The second kappa shape index (κ2) is 7.08. The summed E-state index contributed by atoms with van der Waals surface area (Å²) in [6.45, 7) is 0. The smallest absolute Gasteiger partial charge is 0.411 e. The lowest BCUT2D eigenvalue weighted by molar-refractivity contribution is 0.186. The summed E-state index contributed by atoms with van der Waals surface area (Å²) in [5.41, 5.74) is -0.109. The number of nitrogens with one attached hydrogen (secondary N) is 2. The minimum atomic E-state index is -0.823. The maximum atomic E-state index is 11.2. The van der Waals surface area contributed by atoms with Crippen molar-refractivity contribution in [1.82, 2.24) is 0 Å². The summed E-state index contributed by atoms with van der Waals surface area (Å²) in [5, 5.41) is 4.12. The first kappa shape index (κ1) is 17.0. The molecule has 2 N–H and O–H groups in total. The van der Waals surface area contributed by atoms with E-state index in [-0.39, 0.29) is 31.5 Å². The molecule has 1 aromatic rings. The van der Waals surface area contributed by atoms with Crippen LogP contribution in [0.4, 0.5) is 21.0 Å². The van der Waals surface area contributed by atoms with E-state index < -0.39 is 12.2 Å². The van der Waals surface area contributed by atoms with E-state index in [1.807, 2.05) is 0 Å². The lowest BCUT2D eigenvalue weighted by Gasteiger charge is -2.16. The van der Waals surface area contributed by atoms with Gasteiger partial charge in [-0.2, -0.15) is 0 Å². The average molecular weight is 362 g/mol. The Bertz CT molecular complexity index is 520. The molecule has 0 aromatic heterocycles. The third-order valence-corrected chi connectivity index (χ3v) is 3.79. The number of ether oxygens (including phenoxy) is 2. The molecule has 0 spiro atoms. The molecule has 110 valence electrons. The summed E-state index contributed by atoms with van der Waals surface area (Å²) in [7, 11) is 2.31. The summed E-state index contributed by atoms with van der Waals surface area (Å²) >= 11 is 23.8. The normalized spacial score (nSPS) is 9.90. The number of hydrogen-bond donors (Lipinski definition) is 2. The first-order valence-corrected chi connectivity index (χ1v) is 6.40. The van der Waals surface area contributed by atoms with Gasteiger partial charge in [0.05, 0.1) is 45.7 Å². The van der Waals surface area contributed by atoms with E-state index in [1.54, 1.807) is 0 Å². The van der Waals surface area contributed by atoms with Crippen molar-refractivity contribution in [3.8, 4) is 0 Å². The van der Waals surface area contributed by atoms with Crippen molar-refractivity contribution in [2.24, 2.45) is 0 Å². The molecule has 0 aliphatic heterocycles. The van der Waals surface area contributed by atoms with Gasteiger partial charge in [-0.15, -0.1) is 0 Å². The van der Waals surface area contributed by atoms with Gasteiger partial charge in [-0.1, -0.05) is 46.4 Å². The first-order valence-electron chi connectivity index (χ1n) is 4.89. The summed E-state index contributed by atoms with van der Waals surface area (Å²) in [4.78, 5) is 22.5. The topological polar surface area (TPSA) is 76.7 Å². The van der Waals surface area contributed by atoms with Gasteiger partial charge in [0.1, 0.15) is 0 Å². The van der Waals surface area contributed by atoms with Crippen molar-refractivity contribution in [2.45, 2.75) is 0 Å². The molecule has 0 heterocycles. The van der Waals surface area contributed by atoms with Crippen molar-refractivity contribution in [1.29, 1.82) is 0 Å². The molecule has 1 aromatic carbocycles. The Morgan fingerprint density at radius 3 is 1.40 bits per heavy atom. The fourth-order valence-corrected chi connectivity index (χ4v) is 2.25. The summed E-state index contributed by atoms with van der Waals surface area (Å²) < 4.78 is 8.84. The van der Waals surface area contributed by atoms with Crippen LogP contribution >= 0.6 is 46.4 Å². The summed E-state index contributed by atoms with van der Waals surface area (Å²) in [6.07, 6.45) is -1.65. The quantitative estimate of drug-likeness (QED) is 0.593. The van der Waals surface area contributed by atoms with Crippen molar-refractivity contribution in [3.63, 3.8) is 0 Å². The van der Waals surface area contributed by atoms with E-state index in [0.717, 1.165) is 14.2 Å². The number of carbonyl (C=O) groups excluding carboxylic acids is 2. The second-order valence-electron chi connectivity index (χ2n) is 3.24. The summed E-state index contributed by atoms with van der Waals surface area (Å²) in [5.74, 6) is 0. The molecule has 0 bridgehead atoms. The largest absolute Gasteiger partial charge is 0.453 e. The minimum Gasteiger partial charge on any atom is -0.453 e. The number of halogens is 4. The van der Waals surface area contributed by atoms with E-state index in [9.17, 15) is 9.59 Å². The molecule has 1 rings (SSSR count). The van der Waals surface area contributed by atoms with Gasteiger partial charge in [0.25, 0.3) is 0 Å². The van der Waals surface area contributed by atoms with E-state index in [1.165, 1.54) is 0 Å². The highest BCUT2D eigenvalue weighted by atomic mass is 35.5. The molecule has 10 heteroatoms. The SMILES string of the molecule is COC(=O)Nc1c(Cl)c(Cl)c(Cl)c(NC(=O)OC)c1Cl. The van der Waals surface area contributed by atoms with Crippen molar-refractivity contribution in [3.05, 3.63) is 20.1 Å². The van der Waals surface area contributed by atoms with Crippen LogP contribution in [0.15, 0.2) is 0 Å². The fourth-order valence-electron chi connectivity index (χ4n) is 1.16. The number of benzene rings is 1. The van der Waals surface area contributed by atoms with Crippen LogP contribution in [0.3, 0.4) is 0 Å². The van der Waals surface area contributed by atoms with E-state index in [0.29, 0.717) is 0 Å². The van der Waals surface area contributed by atoms with Gasteiger partial charge in [-0.25, -0.2) is 9.59 Å². The van der Waals surface area contributed by atoms with Crippen molar-refractivity contribution >= 4 is 70.0 Å². The highest BCUT2D eigenvalue weighted by molar-refractivity contribution is 6.53. The fraction of sp³-hybridized carbons (Fsp3) is 0.200. The Morgan fingerprint density at radius 2 is 1.10 bits per heavy atom. The number of anilines is 2. The number of carbonyl (C=O) groups is 2. The standard InChI is InChI=1S/C10H8Cl4N2O4/c1-19-9(17)15-7-4(12)3(11)5(13)8(6(7)14)16-10(18)20-2/h1-2H3,(H,15,17)(H,16,18). The van der Waals surface area contributed by atoms with Gasteiger partial charge in [-0.3, -0.25) is 10.6 Å². The number of amides is 2. The molecule has 0 aliphatic carbocycles. The van der Waals surface area contributed by atoms with Crippen LogP contribution in [0.2, 0.25) is 20.1 Å². The predicted octanol–water partition coefficient (Wildman–Crippen LogP) is 4.66. The van der Waals surface area contributed by atoms with Gasteiger partial charge in [0.2, 0.25) is 0 Å². The third kappa shape index (κ3) is 3.52. The van der Waals surface area contributed by atoms with E-state index >= 15 is 0 Å². The monoisotopic (exact) mass is 360 g/mol. The molecule has 0 atom stereocenters. The number of hydrogen-bond acceptors (Lipinski definition) is 4. The predicted molar refractivity (Wildman–Crippen MR) is 78.5 cm³/mol. The number of methoxy groups -OCH3 is 2. The second-order valence-corrected chi connectivity index (χ2v) is 4.75. The first-order chi connectivity index (χ1) is 9.33. The third-order valence-electron chi connectivity index (χ3n) is 2.09. The Hall–Kier alpha value is -1.08. The van der Waals surface area contributed by atoms with Crippen LogP contribution in [0.5, 0.6) is 0 Å². The Labute approximate surface area is 134 Å². The molecule has 0 unspecified atom stereocenters. The zero-order valence-corrected chi connectivity index (χ0v) is 13.2. The van der Waals surface area contributed by atoms with Gasteiger partial charge in [0.15, 0.2) is 0 Å². The lowest BCUT2D eigenvalue weighted by atomic mass is 10.2. The van der Waals surface area contributed by atoms with Gasteiger partial charge >= 0.3 is 12.2 Å². The lowest BCUT2D eigenvalue weighted by Crippen LogP contribution is -2.15. The van der Waals surface area contributed by atoms with Crippen LogP contribution < -0.4 is 10.6 Å². The average Bonchev–Trinajstić information content (AvgIpc) is 2.45. The Balaban J connectivity index is 3.38. The highest BCUT2D eigenvalue weighted by Gasteiger charge is 2.23. The molecule has 0 fully saturated rings. The van der Waals surface area contributed by atoms with E-state index in [4.69, 9.17) is 46.4 Å². The van der Waals surface area contributed by atoms with Crippen LogP contribution in [0, 0.1) is 0 Å². The van der Waals surface area contributed by atoms with Crippen LogP contribution in [-0.4, -0.2) is 26.4 Å². The van der Waals surface area contributed by atoms with Crippen molar-refractivity contribution < 1.29 is 19.1 Å². The molecule has 0 saturated heterocycles. The molecular formula is C10H8Cl4N2O4. The van der Waals surface area contributed by atoms with Crippen LogP contribution in [-0.2, 0) is 9.47 Å². The van der Waals surface area contributed by atoms with Gasteiger partial charge in [-0.05, 0) is 0 Å². The number of rotatable bonds is 2. The molecule has 2 amide bonds. The Kier molecular flexibility index (Phi) is 6.01. The van der Waals surface area contributed by atoms with Crippen LogP contribution in [0.25, 0.3) is 0 Å². The highest BCUT2D eigenvalue weighted by Crippen LogP contribution is 2.47. The molecular weight excluding hydrogens is 354 g/mol. The molecule has 0 saturated carbocycles. The Morgan fingerprint density at radius 1 is 0.750 bits per heavy atom. The molecule has 0 aliphatic rings.